The molecule has 0 saturated carbocycles. The lowest BCUT2D eigenvalue weighted by atomic mass is 9.82. The van der Waals surface area contributed by atoms with E-state index in [4.69, 9.17) is 5.11 Å². The molecule has 0 aliphatic rings. The highest BCUT2D eigenvalue weighted by atomic mass is 16.4. The van der Waals surface area contributed by atoms with Gasteiger partial charge in [0.2, 0.25) is 0 Å². The van der Waals surface area contributed by atoms with Gasteiger partial charge in [0.15, 0.2) is 0 Å². The molecule has 0 amide bonds. The second-order valence-electron chi connectivity index (χ2n) is 6.82. The number of nitrogens with zero attached hydrogens (tertiary/aromatic N) is 2. The van der Waals surface area contributed by atoms with Gasteiger partial charge in [0.1, 0.15) is 0 Å². The Kier molecular flexibility index (Phi) is 5.31. The van der Waals surface area contributed by atoms with Crippen LogP contribution >= 0.6 is 0 Å². The largest absolute Gasteiger partial charge is 0.481 e. The van der Waals surface area contributed by atoms with Crippen molar-refractivity contribution in [2.45, 2.75) is 60.9 Å². The molecule has 21 heavy (non-hydrogen) atoms. The lowest BCUT2D eigenvalue weighted by molar-refractivity contribution is -0.136. The Morgan fingerprint density at radius 1 is 1.33 bits per heavy atom. The molecule has 1 atom stereocenters. The number of aryl methyl sites for hydroxylation is 1. The fourth-order valence-corrected chi connectivity index (χ4v) is 2.20. The lowest BCUT2D eigenvalue weighted by Gasteiger charge is -2.28. The topological polar surface area (TPSA) is 72.2 Å². The molecule has 0 aliphatic carbocycles. The Labute approximate surface area is 126 Å². The molecule has 5 heteroatoms. The molecule has 1 N–H and O–H groups in total. The van der Waals surface area contributed by atoms with Gasteiger partial charge in [0.25, 0.3) is 0 Å². The molecule has 0 fully saturated rings. The van der Waals surface area contributed by atoms with E-state index in [1.165, 1.54) is 0 Å². The third-order valence-corrected chi connectivity index (χ3v) is 4.30. The molecule has 1 rings (SSSR count). The molecule has 0 saturated heterocycles. The summed E-state index contributed by atoms with van der Waals surface area (Å²) >= 11 is 0. The SMILES string of the molecule is Cc1nc(=O)n(CC(C)C(C)(C)C)c(C)c1CCC(=O)O. The Morgan fingerprint density at radius 2 is 1.90 bits per heavy atom. The quantitative estimate of drug-likeness (QED) is 0.906. The van der Waals surface area contributed by atoms with E-state index in [-0.39, 0.29) is 17.5 Å². The Morgan fingerprint density at radius 3 is 2.38 bits per heavy atom. The van der Waals surface area contributed by atoms with Crippen molar-refractivity contribution in [1.82, 2.24) is 9.55 Å². The van der Waals surface area contributed by atoms with Crippen molar-refractivity contribution in [3.63, 3.8) is 0 Å². The van der Waals surface area contributed by atoms with Gasteiger partial charge in [-0.15, -0.1) is 0 Å². The van der Waals surface area contributed by atoms with Crippen molar-refractivity contribution in [1.29, 1.82) is 0 Å². The zero-order valence-electron chi connectivity index (χ0n) is 13.9. The van der Waals surface area contributed by atoms with E-state index in [9.17, 15) is 9.59 Å². The predicted molar refractivity (Wildman–Crippen MR) is 82.5 cm³/mol. The van der Waals surface area contributed by atoms with Crippen LogP contribution in [0.4, 0.5) is 0 Å². The molecule has 1 aromatic heterocycles. The van der Waals surface area contributed by atoms with Crippen LogP contribution in [0.2, 0.25) is 0 Å². The first-order valence-corrected chi connectivity index (χ1v) is 7.32. The molecule has 0 aliphatic heterocycles. The zero-order chi connectivity index (χ0) is 16.4. The first kappa shape index (κ1) is 17.4. The van der Waals surface area contributed by atoms with Crippen molar-refractivity contribution in [3.8, 4) is 0 Å². The first-order chi connectivity index (χ1) is 9.54. The van der Waals surface area contributed by atoms with Crippen LogP contribution in [0.5, 0.6) is 0 Å². The van der Waals surface area contributed by atoms with E-state index in [0.29, 0.717) is 24.6 Å². The summed E-state index contributed by atoms with van der Waals surface area (Å²) < 4.78 is 1.68. The van der Waals surface area contributed by atoms with Gasteiger partial charge < -0.3 is 5.11 Å². The summed E-state index contributed by atoms with van der Waals surface area (Å²) in [5.74, 6) is -0.527. The predicted octanol–water partition coefficient (Wildman–Crippen LogP) is 2.56. The average molecular weight is 294 g/mol. The van der Waals surface area contributed by atoms with Crippen LogP contribution < -0.4 is 5.69 Å². The van der Waals surface area contributed by atoms with Crippen LogP contribution in [0.15, 0.2) is 4.79 Å². The molecule has 1 heterocycles. The third-order valence-electron chi connectivity index (χ3n) is 4.30. The monoisotopic (exact) mass is 294 g/mol. The van der Waals surface area contributed by atoms with Gasteiger partial charge in [-0.05, 0) is 37.2 Å². The number of carboxylic acid groups (broad SMARTS) is 1. The standard InChI is InChI=1S/C16H26N2O3/c1-10(16(4,5)6)9-18-12(3)13(7-8-14(19)20)11(2)17-15(18)21/h10H,7-9H2,1-6H3,(H,19,20). The fourth-order valence-electron chi connectivity index (χ4n) is 2.20. The minimum Gasteiger partial charge on any atom is -0.481 e. The van der Waals surface area contributed by atoms with Crippen molar-refractivity contribution in [2.24, 2.45) is 11.3 Å². The summed E-state index contributed by atoms with van der Waals surface area (Å²) in [5.41, 5.74) is 2.19. The van der Waals surface area contributed by atoms with E-state index in [0.717, 1.165) is 11.3 Å². The maximum absolute atomic E-state index is 12.1. The highest BCUT2D eigenvalue weighted by molar-refractivity contribution is 5.67. The summed E-state index contributed by atoms with van der Waals surface area (Å²) in [4.78, 5) is 27.0. The van der Waals surface area contributed by atoms with Gasteiger partial charge in [-0.2, -0.15) is 4.98 Å². The molecule has 118 valence electrons. The third kappa shape index (κ3) is 4.41. The number of carboxylic acids is 1. The molecule has 5 nitrogen and oxygen atoms in total. The number of rotatable bonds is 5. The highest BCUT2D eigenvalue weighted by Crippen LogP contribution is 2.27. The molecule has 0 spiro atoms. The van der Waals surface area contributed by atoms with Crippen molar-refractivity contribution in [3.05, 3.63) is 27.4 Å². The normalized spacial score (nSPS) is 13.2. The van der Waals surface area contributed by atoms with Gasteiger partial charge in [0, 0.05) is 24.4 Å². The van der Waals surface area contributed by atoms with E-state index < -0.39 is 5.97 Å². The van der Waals surface area contributed by atoms with Crippen molar-refractivity contribution in [2.75, 3.05) is 0 Å². The zero-order valence-corrected chi connectivity index (χ0v) is 13.9. The molecule has 0 aromatic carbocycles. The van der Waals surface area contributed by atoms with Crippen LogP contribution in [0.1, 0.15) is 51.1 Å². The van der Waals surface area contributed by atoms with E-state index in [1.54, 1.807) is 11.5 Å². The fraction of sp³-hybridized carbons (Fsp3) is 0.688. The number of aromatic nitrogens is 2. The van der Waals surface area contributed by atoms with Crippen molar-refractivity contribution >= 4 is 5.97 Å². The van der Waals surface area contributed by atoms with Gasteiger partial charge >= 0.3 is 11.7 Å². The number of hydrogen-bond acceptors (Lipinski definition) is 3. The second-order valence-corrected chi connectivity index (χ2v) is 6.82. The van der Waals surface area contributed by atoms with E-state index in [2.05, 4.69) is 32.7 Å². The average Bonchev–Trinajstić information content (AvgIpc) is 2.32. The van der Waals surface area contributed by atoms with Crippen LogP contribution in [0.25, 0.3) is 0 Å². The second kappa shape index (κ2) is 6.41. The molecular weight excluding hydrogens is 268 g/mol. The van der Waals surface area contributed by atoms with E-state index >= 15 is 0 Å². The number of hydrogen-bond donors (Lipinski definition) is 1. The first-order valence-electron chi connectivity index (χ1n) is 7.32. The number of aliphatic carboxylic acids is 1. The smallest absolute Gasteiger partial charge is 0.347 e. The molecular formula is C16H26N2O3. The molecule has 0 radical (unpaired) electrons. The maximum atomic E-state index is 12.1. The van der Waals surface area contributed by atoms with Gasteiger partial charge in [-0.3, -0.25) is 9.36 Å². The van der Waals surface area contributed by atoms with Crippen molar-refractivity contribution < 1.29 is 9.90 Å². The van der Waals surface area contributed by atoms with Gasteiger partial charge in [-0.1, -0.05) is 27.7 Å². The van der Waals surface area contributed by atoms with Crippen LogP contribution in [-0.2, 0) is 17.8 Å². The summed E-state index contributed by atoms with van der Waals surface area (Å²) in [6.07, 6.45) is 0.459. The summed E-state index contributed by atoms with van der Waals surface area (Å²) in [5, 5.41) is 8.84. The van der Waals surface area contributed by atoms with Gasteiger partial charge in [-0.25, -0.2) is 4.79 Å². The summed E-state index contributed by atoms with van der Waals surface area (Å²) in [6.45, 7) is 12.8. The maximum Gasteiger partial charge on any atom is 0.347 e. The van der Waals surface area contributed by atoms with Crippen LogP contribution in [-0.4, -0.2) is 20.6 Å². The van der Waals surface area contributed by atoms with Crippen LogP contribution in [0.3, 0.4) is 0 Å². The van der Waals surface area contributed by atoms with E-state index in [1.807, 2.05) is 6.92 Å². The summed E-state index contributed by atoms with van der Waals surface area (Å²) in [6, 6.07) is 0. The molecule has 1 unspecified atom stereocenters. The minimum absolute atomic E-state index is 0.0520. The lowest BCUT2D eigenvalue weighted by Crippen LogP contribution is -2.33. The molecule has 1 aromatic rings. The molecule has 0 bridgehead atoms. The number of carbonyl (C=O) groups is 1. The van der Waals surface area contributed by atoms with Crippen LogP contribution in [0, 0.1) is 25.2 Å². The Hall–Kier alpha value is -1.65. The Bertz CT molecular complexity index is 582. The Balaban J connectivity index is 3.18. The highest BCUT2D eigenvalue weighted by Gasteiger charge is 2.22. The summed E-state index contributed by atoms with van der Waals surface area (Å²) in [7, 11) is 0. The van der Waals surface area contributed by atoms with Gasteiger partial charge in [0.05, 0.1) is 0 Å². The minimum atomic E-state index is -0.838.